The molecule has 1 aromatic carbocycles. The molecule has 0 saturated heterocycles. The van der Waals surface area contributed by atoms with Crippen molar-refractivity contribution in [3.63, 3.8) is 0 Å². The molecule has 4 heterocycles. The van der Waals surface area contributed by atoms with Gasteiger partial charge >= 0.3 is 0 Å². The molecule has 4 aromatic heterocycles. The van der Waals surface area contributed by atoms with Crippen molar-refractivity contribution in [1.82, 2.24) is 0 Å². The third kappa shape index (κ3) is 5.91. The van der Waals surface area contributed by atoms with Gasteiger partial charge in [-0.3, -0.25) is 0 Å². The van der Waals surface area contributed by atoms with E-state index in [1.165, 1.54) is 39.6 Å². The maximum Gasteiger partial charge on any atom is 0.117 e. The highest BCUT2D eigenvalue weighted by Gasteiger charge is 2.23. The predicted octanol–water partition coefficient (Wildman–Crippen LogP) is 9.60. The van der Waals surface area contributed by atoms with Crippen molar-refractivity contribution in [3.05, 3.63) is 106 Å². The van der Waals surface area contributed by atoms with Gasteiger partial charge in [0.25, 0.3) is 0 Å². The summed E-state index contributed by atoms with van der Waals surface area (Å²) < 4.78 is 3.06. The fourth-order valence-electron chi connectivity index (χ4n) is 3.96. The van der Waals surface area contributed by atoms with E-state index in [4.69, 9.17) is 0 Å². The lowest BCUT2D eigenvalue weighted by molar-refractivity contribution is 1.62. The number of hydrogen-bond donors (Lipinski definition) is 0. The van der Waals surface area contributed by atoms with Gasteiger partial charge in [-0.25, -0.2) is 0 Å². The topological polar surface area (TPSA) is 0 Å². The van der Waals surface area contributed by atoms with Crippen LogP contribution in [-0.2, 0) is 0 Å². The first kappa shape index (κ1) is 25.6. The van der Waals surface area contributed by atoms with Crippen LogP contribution in [-0.4, -0.2) is 16.1 Å². The average molecular weight is 575 g/mol. The second-order valence-corrected chi connectivity index (χ2v) is 23.5. The van der Waals surface area contributed by atoms with Gasteiger partial charge in [0.15, 0.2) is 0 Å². The van der Waals surface area contributed by atoms with Crippen LogP contribution in [0.15, 0.2) is 95.0 Å². The van der Waals surface area contributed by atoms with E-state index in [0.29, 0.717) is 0 Å². The Kier molecular flexibility index (Phi) is 7.63. The molecule has 6 heteroatoms. The molecule has 0 amide bonds. The Labute approximate surface area is 233 Å². The Morgan fingerprint density at radius 3 is 1.28 bits per heavy atom. The summed E-state index contributed by atoms with van der Waals surface area (Å²) in [7, 11) is -3.25. The number of hydrogen-bond acceptors (Lipinski definition) is 4. The Balaban J connectivity index is 1.25. The van der Waals surface area contributed by atoms with E-state index >= 15 is 0 Å². The molecule has 36 heavy (non-hydrogen) atoms. The van der Waals surface area contributed by atoms with Crippen LogP contribution in [0.2, 0.25) is 26.2 Å². The highest BCUT2D eigenvalue weighted by molar-refractivity contribution is 7.32. The van der Waals surface area contributed by atoms with Crippen LogP contribution in [0.3, 0.4) is 0 Å². The molecule has 0 aliphatic carbocycles. The van der Waals surface area contributed by atoms with E-state index in [2.05, 4.69) is 133 Å². The smallest absolute Gasteiger partial charge is 0.117 e. The summed E-state index contributed by atoms with van der Waals surface area (Å²) in [6.07, 6.45) is 4.64. The van der Waals surface area contributed by atoms with Gasteiger partial charge in [0.05, 0.1) is 0 Å². The predicted molar refractivity (Wildman–Crippen MR) is 174 cm³/mol. The van der Waals surface area contributed by atoms with Gasteiger partial charge in [0.2, 0.25) is 0 Å². The summed E-state index contributed by atoms with van der Waals surface area (Å²) in [4.78, 5) is 5.53. The second kappa shape index (κ2) is 10.7. The summed E-state index contributed by atoms with van der Waals surface area (Å²) in [5.41, 5.74) is 7.50. The van der Waals surface area contributed by atoms with E-state index in [9.17, 15) is 0 Å². The van der Waals surface area contributed by atoms with Gasteiger partial charge in [-0.2, -0.15) is 0 Å². The maximum absolute atomic E-state index is 2.47. The minimum absolute atomic E-state index is 1.28. The molecule has 182 valence electrons. The number of rotatable bonds is 8. The van der Waals surface area contributed by atoms with Crippen molar-refractivity contribution >= 4 is 82.6 Å². The molecule has 0 aliphatic heterocycles. The van der Waals surface area contributed by atoms with Crippen LogP contribution >= 0.6 is 45.3 Å². The monoisotopic (exact) mass is 574 g/mol. The molecular formula is C30H30S4Si2. The van der Waals surface area contributed by atoms with E-state index < -0.39 is 16.1 Å². The van der Waals surface area contributed by atoms with Crippen molar-refractivity contribution in [2.24, 2.45) is 0 Å². The summed E-state index contributed by atoms with van der Waals surface area (Å²) in [5, 5.41) is 4.31. The molecule has 0 aliphatic rings. The number of thiophene rings is 4. The van der Waals surface area contributed by atoms with Gasteiger partial charge in [-0.05, 0) is 55.2 Å². The maximum atomic E-state index is 2.47. The minimum Gasteiger partial charge on any atom is -0.144 e. The highest BCUT2D eigenvalue weighted by atomic mass is 32.1. The summed E-state index contributed by atoms with van der Waals surface area (Å²) in [6, 6.07) is 27.0. The molecule has 0 bridgehead atoms. The zero-order valence-corrected chi connectivity index (χ0v) is 26.3. The van der Waals surface area contributed by atoms with Crippen molar-refractivity contribution in [3.8, 4) is 19.5 Å². The zero-order valence-electron chi connectivity index (χ0n) is 21.0. The van der Waals surface area contributed by atoms with Crippen LogP contribution in [0, 0.1) is 0 Å². The average Bonchev–Trinajstić information content (AvgIpc) is 3.68. The standard InChI is InChI=1S/C30H30S4Si2/c1-35(2,29-15-13-27(33-29)25-7-5-19-31-25)21-17-23-9-11-24(12-10-23)18-22-36(3,4)30-16-14-28(34-30)26-8-6-20-32-26/h5-22H,1-4H3/b21-17+,22-18+. The molecule has 5 rings (SSSR count). The first-order chi connectivity index (χ1) is 17.3. The lowest BCUT2D eigenvalue weighted by Crippen LogP contribution is -2.37. The molecule has 0 spiro atoms. The van der Waals surface area contributed by atoms with Gasteiger partial charge in [0.1, 0.15) is 16.1 Å². The third-order valence-corrected chi connectivity index (χ3v) is 18.9. The van der Waals surface area contributed by atoms with E-state index in [1.807, 2.05) is 45.3 Å². The fraction of sp³-hybridized carbons (Fsp3) is 0.133. The molecule has 0 nitrogen and oxygen atoms in total. The lowest BCUT2D eigenvalue weighted by atomic mass is 10.1. The van der Waals surface area contributed by atoms with Crippen molar-refractivity contribution in [1.29, 1.82) is 0 Å². The van der Waals surface area contributed by atoms with Crippen LogP contribution in [0.25, 0.3) is 31.7 Å². The molecular weight excluding hydrogens is 545 g/mol. The van der Waals surface area contributed by atoms with Crippen LogP contribution in [0.4, 0.5) is 0 Å². The van der Waals surface area contributed by atoms with E-state index in [1.54, 1.807) is 0 Å². The van der Waals surface area contributed by atoms with Crippen LogP contribution in [0.1, 0.15) is 11.1 Å². The molecule has 0 saturated carbocycles. The van der Waals surface area contributed by atoms with Gasteiger partial charge < -0.3 is 0 Å². The molecule has 5 aromatic rings. The summed E-state index contributed by atoms with van der Waals surface area (Å²) in [5.74, 6) is 0. The second-order valence-electron chi connectivity index (χ2n) is 10.1. The Hall–Kier alpha value is -2.07. The first-order valence-corrected chi connectivity index (χ1v) is 21.6. The Morgan fingerprint density at radius 2 is 0.917 bits per heavy atom. The SMILES string of the molecule is C[Si](C)(/C=C/c1ccc(/C=C/[Si](C)(C)c2ccc(-c3cccs3)s2)cc1)c1ccc(-c2cccs2)s1. The van der Waals surface area contributed by atoms with Crippen LogP contribution < -0.4 is 9.00 Å². The Morgan fingerprint density at radius 1 is 0.500 bits per heavy atom. The molecule has 0 fully saturated rings. The first-order valence-electron chi connectivity index (χ1n) is 12.1. The Bertz CT molecular complexity index is 1350. The molecule has 0 unspecified atom stereocenters. The fourth-order valence-corrected chi connectivity index (χ4v) is 12.9. The summed E-state index contributed by atoms with van der Waals surface area (Å²) >= 11 is 7.56. The van der Waals surface area contributed by atoms with E-state index in [-0.39, 0.29) is 0 Å². The van der Waals surface area contributed by atoms with Gasteiger partial charge in [-0.15, -0.1) is 45.3 Å². The normalized spacial score (nSPS) is 12.8. The van der Waals surface area contributed by atoms with Crippen molar-refractivity contribution in [2.75, 3.05) is 0 Å². The highest BCUT2D eigenvalue weighted by Crippen LogP contribution is 2.30. The van der Waals surface area contributed by atoms with E-state index in [0.717, 1.165) is 0 Å². The number of benzene rings is 1. The third-order valence-electron chi connectivity index (χ3n) is 6.33. The van der Waals surface area contributed by atoms with Gasteiger partial charge in [-0.1, -0.05) is 98.3 Å². The quantitative estimate of drug-likeness (QED) is 0.162. The van der Waals surface area contributed by atoms with Crippen LogP contribution in [0.5, 0.6) is 0 Å². The summed E-state index contributed by atoms with van der Waals surface area (Å²) in [6.45, 7) is 9.75. The lowest BCUT2D eigenvalue weighted by Gasteiger charge is -2.16. The molecule has 0 atom stereocenters. The largest absolute Gasteiger partial charge is 0.144 e. The zero-order chi connectivity index (χ0) is 25.2. The van der Waals surface area contributed by atoms with Crippen molar-refractivity contribution < 1.29 is 0 Å². The molecule has 0 N–H and O–H groups in total. The van der Waals surface area contributed by atoms with Gasteiger partial charge in [0, 0.05) is 19.5 Å². The van der Waals surface area contributed by atoms with Crippen molar-refractivity contribution in [2.45, 2.75) is 26.2 Å². The molecule has 0 radical (unpaired) electrons. The minimum atomic E-state index is -1.63.